The van der Waals surface area contributed by atoms with Crippen molar-refractivity contribution in [2.75, 3.05) is 7.11 Å². The van der Waals surface area contributed by atoms with Gasteiger partial charge in [-0.2, -0.15) is 0 Å². The second kappa shape index (κ2) is 4.19. The Labute approximate surface area is 84.4 Å². The summed E-state index contributed by atoms with van der Waals surface area (Å²) in [5, 5.41) is -0.927. The number of hydrogen-bond acceptors (Lipinski definition) is 3. The van der Waals surface area contributed by atoms with Gasteiger partial charge in [-0.05, 0) is 23.7 Å². The molecule has 0 amide bonds. The van der Waals surface area contributed by atoms with Crippen LogP contribution in [0.2, 0.25) is 0 Å². The fourth-order valence-electron chi connectivity index (χ4n) is 1.07. The van der Waals surface area contributed by atoms with Gasteiger partial charge in [0, 0.05) is 5.56 Å². The summed E-state index contributed by atoms with van der Waals surface area (Å²) < 4.78 is 17.7. The Morgan fingerprint density at radius 1 is 1.57 bits per heavy atom. The molecule has 1 aromatic carbocycles. The summed E-state index contributed by atoms with van der Waals surface area (Å²) in [7, 11) is 1.19. The monoisotopic (exact) mass is 216 g/mol. The number of hydrogen-bond donors (Lipinski definition) is 0. The quantitative estimate of drug-likeness (QED) is 0.574. The first-order valence-electron chi connectivity index (χ1n) is 3.63. The summed E-state index contributed by atoms with van der Waals surface area (Å²) in [5.41, 5.74) is -0.243. The molecule has 0 saturated carbocycles. The van der Waals surface area contributed by atoms with E-state index in [2.05, 4.69) is 4.74 Å². The summed E-state index contributed by atoms with van der Waals surface area (Å²) >= 11 is 5.20. The summed E-state index contributed by atoms with van der Waals surface area (Å²) in [6.45, 7) is 0. The van der Waals surface area contributed by atoms with Gasteiger partial charge in [0.2, 0.25) is 0 Å². The normalized spacial score (nSPS) is 9.64. The standard InChI is InChI=1S/C9H6ClFO3/c1-14-8-6(11)3-2-5(4-12)7(8)9(10)13/h2-4H,1H3. The average Bonchev–Trinajstić information content (AvgIpc) is 2.17. The molecule has 0 radical (unpaired) electrons. The zero-order valence-corrected chi connectivity index (χ0v) is 7.97. The van der Waals surface area contributed by atoms with Crippen LogP contribution < -0.4 is 4.74 Å². The molecule has 0 fully saturated rings. The number of methoxy groups -OCH3 is 1. The zero-order valence-electron chi connectivity index (χ0n) is 7.21. The van der Waals surface area contributed by atoms with E-state index in [0.29, 0.717) is 6.29 Å². The average molecular weight is 217 g/mol. The Bertz CT molecular complexity index is 390. The highest BCUT2D eigenvalue weighted by molar-refractivity contribution is 6.68. The van der Waals surface area contributed by atoms with Crippen LogP contribution in [0, 0.1) is 5.82 Å². The molecule has 0 unspecified atom stereocenters. The highest BCUT2D eigenvalue weighted by Crippen LogP contribution is 2.26. The number of carbonyl (C=O) groups excluding carboxylic acids is 2. The number of rotatable bonds is 3. The first kappa shape index (κ1) is 10.7. The van der Waals surface area contributed by atoms with Crippen molar-refractivity contribution in [3.05, 3.63) is 29.1 Å². The lowest BCUT2D eigenvalue weighted by atomic mass is 10.1. The number of carbonyl (C=O) groups is 2. The van der Waals surface area contributed by atoms with Crippen LogP contribution in [0.3, 0.4) is 0 Å². The highest BCUT2D eigenvalue weighted by atomic mass is 35.5. The minimum absolute atomic E-state index is 0.00301. The molecule has 0 heterocycles. The molecule has 0 atom stereocenters. The zero-order chi connectivity index (χ0) is 10.7. The van der Waals surface area contributed by atoms with Crippen molar-refractivity contribution < 1.29 is 18.7 Å². The summed E-state index contributed by atoms with van der Waals surface area (Å²) in [4.78, 5) is 21.4. The Morgan fingerprint density at radius 2 is 2.21 bits per heavy atom. The first-order chi connectivity index (χ1) is 6.61. The van der Waals surface area contributed by atoms with Crippen molar-refractivity contribution in [2.45, 2.75) is 0 Å². The molecule has 1 aromatic rings. The van der Waals surface area contributed by atoms with Crippen molar-refractivity contribution in [1.29, 1.82) is 0 Å². The summed E-state index contributed by atoms with van der Waals surface area (Å²) in [5.74, 6) is -1.04. The second-order valence-corrected chi connectivity index (χ2v) is 2.78. The van der Waals surface area contributed by atoms with Gasteiger partial charge in [0.05, 0.1) is 12.7 Å². The van der Waals surface area contributed by atoms with Gasteiger partial charge in [0.25, 0.3) is 5.24 Å². The van der Waals surface area contributed by atoms with Crippen LogP contribution >= 0.6 is 11.6 Å². The molecule has 0 N–H and O–H groups in total. The molecule has 0 saturated heterocycles. The predicted octanol–water partition coefficient (Wildman–Crippen LogP) is 2.03. The number of halogens is 2. The molecular weight excluding hydrogens is 211 g/mol. The van der Waals surface area contributed by atoms with E-state index in [1.165, 1.54) is 13.2 Å². The van der Waals surface area contributed by atoms with Crippen LogP contribution in [0.1, 0.15) is 20.7 Å². The molecule has 14 heavy (non-hydrogen) atoms. The van der Waals surface area contributed by atoms with Crippen LogP contribution in [0.5, 0.6) is 5.75 Å². The molecule has 74 valence electrons. The van der Waals surface area contributed by atoms with Crippen LogP contribution in [-0.4, -0.2) is 18.6 Å². The lowest BCUT2D eigenvalue weighted by molar-refractivity contribution is 0.106. The fraction of sp³-hybridized carbons (Fsp3) is 0.111. The van der Waals surface area contributed by atoms with E-state index in [4.69, 9.17) is 11.6 Å². The molecule has 0 spiro atoms. The van der Waals surface area contributed by atoms with Crippen molar-refractivity contribution in [3.63, 3.8) is 0 Å². The van der Waals surface area contributed by atoms with Gasteiger partial charge in [-0.1, -0.05) is 0 Å². The number of ether oxygens (including phenoxy) is 1. The summed E-state index contributed by atoms with van der Waals surface area (Å²) in [6, 6.07) is 2.20. The van der Waals surface area contributed by atoms with E-state index in [1.807, 2.05) is 0 Å². The molecule has 3 nitrogen and oxygen atoms in total. The third kappa shape index (κ3) is 1.75. The maximum absolute atomic E-state index is 13.1. The van der Waals surface area contributed by atoms with Gasteiger partial charge in [-0.15, -0.1) is 0 Å². The van der Waals surface area contributed by atoms with Gasteiger partial charge in [-0.3, -0.25) is 9.59 Å². The van der Waals surface area contributed by atoms with Crippen LogP contribution in [0.25, 0.3) is 0 Å². The van der Waals surface area contributed by atoms with E-state index in [-0.39, 0.29) is 16.9 Å². The van der Waals surface area contributed by atoms with Crippen molar-refractivity contribution in [3.8, 4) is 5.75 Å². The van der Waals surface area contributed by atoms with E-state index in [0.717, 1.165) is 6.07 Å². The van der Waals surface area contributed by atoms with Gasteiger partial charge in [-0.25, -0.2) is 4.39 Å². The molecule has 1 rings (SSSR count). The van der Waals surface area contributed by atoms with Crippen molar-refractivity contribution >= 4 is 23.1 Å². The molecule has 0 aromatic heterocycles. The largest absolute Gasteiger partial charge is 0.493 e. The van der Waals surface area contributed by atoms with Gasteiger partial charge < -0.3 is 4.74 Å². The van der Waals surface area contributed by atoms with Crippen LogP contribution in [-0.2, 0) is 0 Å². The molecule has 0 bridgehead atoms. The SMILES string of the molecule is COc1c(F)ccc(C=O)c1C(=O)Cl. The maximum Gasteiger partial charge on any atom is 0.256 e. The van der Waals surface area contributed by atoms with Crippen molar-refractivity contribution in [2.24, 2.45) is 0 Å². The second-order valence-electron chi connectivity index (χ2n) is 2.44. The fourth-order valence-corrected chi connectivity index (χ4v) is 1.27. The number of aldehydes is 1. The Morgan fingerprint density at radius 3 is 2.64 bits per heavy atom. The molecule has 5 heteroatoms. The molecule has 0 aliphatic rings. The van der Waals surface area contributed by atoms with Gasteiger partial charge in [0.15, 0.2) is 17.9 Å². The van der Waals surface area contributed by atoms with E-state index in [1.54, 1.807) is 0 Å². The lowest BCUT2D eigenvalue weighted by Gasteiger charge is -2.07. The van der Waals surface area contributed by atoms with Gasteiger partial charge in [0.1, 0.15) is 0 Å². The Hall–Kier alpha value is -1.42. The highest BCUT2D eigenvalue weighted by Gasteiger charge is 2.18. The number of benzene rings is 1. The third-order valence-electron chi connectivity index (χ3n) is 1.67. The van der Waals surface area contributed by atoms with Gasteiger partial charge >= 0.3 is 0 Å². The van der Waals surface area contributed by atoms with Crippen LogP contribution in [0.4, 0.5) is 4.39 Å². The summed E-state index contributed by atoms with van der Waals surface area (Å²) in [6.07, 6.45) is 0.414. The minimum atomic E-state index is -0.927. The van der Waals surface area contributed by atoms with Crippen LogP contribution in [0.15, 0.2) is 12.1 Å². The first-order valence-corrected chi connectivity index (χ1v) is 4.01. The molecule has 0 aliphatic heterocycles. The Balaban J connectivity index is 3.51. The predicted molar refractivity (Wildman–Crippen MR) is 48.5 cm³/mol. The van der Waals surface area contributed by atoms with E-state index in [9.17, 15) is 14.0 Å². The van der Waals surface area contributed by atoms with E-state index >= 15 is 0 Å². The lowest BCUT2D eigenvalue weighted by Crippen LogP contribution is -2.03. The minimum Gasteiger partial charge on any atom is -0.493 e. The third-order valence-corrected chi connectivity index (χ3v) is 1.86. The smallest absolute Gasteiger partial charge is 0.256 e. The molecular formula is C9H6ClFO3. The Kier molecular flexibility index (Phi) is 3.19. The topological polar surface area (TPSA) is 43.4 Å². The molecule has 0 aliphatic carbocycles. The van der Waals surface area contributed by atoms with Crippen molar-refractivity contribution in [1.82, 2.24) is 0 Å². The maximum atomic E-state index is 13.1. The van der Waals surface area contributed by atoms with E-state index < -0.39 is 11.1 Å².